The highest BCUT2D eigenvalue weighted by Gasteiger charge is 2.04. The largest absolute Gasteiger partial charge is 0.463 e. The molecule has 0 aromatic carbocycles. The highest BCUT2D eigenvalue weighted by atomic mass is 16.5. The van der Waals surface area contributed by atoms with Crippen LogP contribution in [0.1, 0.15) is 118 Å². The molecule has 0 rings (SSSR count). The lowest BCUT2D eigenvalue weighted by molar-refractivity contribution is -0.147. The summed E-state index contributed by atoms with van der Waals surface area (Å²) in [5.41, 5.74) is 0. The molecule has 3 nitrogen and oxygen atoms in total. The number of hydrogen-bond acceptors (Lipinski definition) is 3. The predicted molar refractivity (Wildman–Crippen MR) is 104 cm³/mol. The maximum atomic E-state index is 11.3. The van der Waals surface area contributed by atoms with E-state index in [2.05, 4.69) is 6.92 Å². The first-order valence-electron chi connectivity index (χ1n) is 10.4. The molecule has 3 heteroatoms. The summed E-state index contributed by atoms with van der Waals surface area (Å²) in [4.78, 5) is 11.3. The van der Waals surface area contributed by atoms with Crippen LogP contribution in [0.4, 0.5) is 0 Å². The van der Waals surface area contributed by atoms with Crippen molar-refractivity contribution in [3.63, 3.8) is 0 Å². The number of esters is 1. The molecule has 0 spiro atoms. The molecule has 0 bridgehead atoms. The fraction of sp³-hybridized carbons (Fsp3) is 0.952. The zero-order chi connectivity index (χ0) is 18.5. The second-order valence-corrected chi connectivity index (χ2v) is 6.85. The van der Waals surface area contributed by atoms with Crippen molar-refractivity contribution in [2.75, 3.05) is 6.61 Å². The van der Waals surface area contributed by atoms with Gasteiger partial charge < -0.3 is 9.84 Å². The van der Waals surface area contributed by atoms with Crippen LogP contribution in [-0.4, -0.2) is 23.8 Å². The Morgan fingerprint density at radius 2 is 1.08 bits per heavy atom. The van der Waals surface area contributed by atoms with Crippen molar-refractivity contribution in [1.82, 2.24) is 0 Å². The van der Waals surface area contributed by atoms with Crippen molar-refractivity contribution < 1.29 is 14.6 Å². The molecule has 0 heterocycles. The van der Waals surface area contributed by atoms with Crippen molar-refractivity contribution >= 4 is 5.97 Å². The van der Waals surface area contributed by atoms with Gasteiger partial charge in [0.05, 0.1) is 6.10 Å². The Kier molecular flexibility index (Phi) is 24.0. The number of hydrogen-bond donors (Lipinski definition) is 1. The SMILES string of the molecule is CCCCCCCCCCCCCCCC(=O)OC(C)C.CCO. The number of aliphatic hydroxyl groups excluding tert-OH is 1. The third-order valence-electron chi connectivity index (χ3n) is 3.85. The van der Waals surface area contributed by atoms with Gasteiger partial charge in [0.15, 0.2) is 0 Å². The normalized spacial score (nSPS) is 10.4. The van der Waals surface area contributed by atoms with E-state index in [1.165, 1.54) is 77.0 Å². The second kappa shape index (κ2) is 22.4. The van der Waals surface area contributed by atoms with Gasteiger partial charge in [-0.05, 0) is 27.2 Å². The first kappa shape index (κ1) is 25.7. The minimum absolute atomic E-state index is 0.0273. The van der Waals surface area contributed by atoms with Gasteiger partial charge in [0.1, 0.15) is 0 Å². The molecule has 0 saturated carbocycles. The molecule has 0 aromatic rings. The molecule has 0 aliphatic carbocycles. The molecule has 0 fully saturated rings. The maximum Gasteiger partial charge on any atom is 0.306 e. The average Bonchev–Trinajstić information content (AvgIpc) is 2.52. The number of carbonyl (C=O) groups excluding carboxylic acids is 1. The summed E-state index contributed by atoms with van der Waals surface area (Å²) in [6.45, 7) is 8.01. The first-order chi connectivity index (χ1) is 11.6. The molecule has 0 unspecified atom stereocenters. The second-order valence-electron chi connectivity index (χ2n) is 6.85. The van der Waals surface area contributed by atoms with Crippen LogP contribution in [0.3, 0.4) is 0 Å². The summed E-state index contributed by atoms with van der Waals surface area (Å²) in [6.07, 6.45) is 18.0. The van der Waals surface area contributed by atoms with Crippen molar-refractivity contribution in [2.24, 2.45) is 0 Å². The third-order valence-corrected chi connectivity index (χ3v) is 3.85. The summed E-state index contributed by atoms with van der Waals surface area (Å²) in [7, 11) is 0. The highest BCUT2D eigenvalue weighted by Crippen LogP contribution is 2.13. The van der Waals surface area contributed by atoms with Gasteiger partial charge in [-0.25, -0.2) is 0 Å². The Morgan fingerprint density at radius 1 is 0.750 bits per heavy atom. The molecule has 0 atom stereocenters. The average molecular weight is 345 g/mol. The van der Waals surface area contributed by atoms with E-state index in [0.717, 1.165) is 6.42 Å². The van der Waals surface area contributed by atoms with Gasteiger partial charge in [0.2, 0.25) is 0 Å². The Labute approximate surface area is 151 Å². The maximum absolute atomic E-state index is 11.3. The molecule has 1 N–H and O–H groups in total. The molecule has 0 saturated heterocycles. The van der Waals surface area contributed by atoms with E-state index in [-0.39, 0.29) is 18.7 Å². The highest BCUT2D eigenvalue weighted by molar-refractivity contribution is 5.69. The molecule has 146 valence electrons. The Bertz CT molecular complexity index is 239. The Morgan fingerprint density at radius 3 is 1.42 bits per heavy atom. The van der Waals surface area contributed by atoms with Crippen LogP contribution in [0, 0.1) is 0 Å². The van der Waals surface area contributed by atoms with E-state index in [9.17, 15) is 4.79 Å². The Balaban J connectivity index is 0. The van der Waals surface area contributed by atoms with E-state index in [1.54, 1.807) is 6.92 Å². The lowest BCUT2D eigenvalue weighted by Gasteiger charge is -2.07. The molecular formula is C21H44O3. The quantitative estimate of drug-likeness (QED) is 0.275. The van der Waals surface area contributed by atoms with Gasteiger partial charge >= 0.3 is 5.97 Å². The molecule has 0 aliphatic rings. The van der Waals surface area contributed by atoms with Gasteiger partial charge in [-0.1, -0.05) is 84.0 Å². The van der Waals surface area contributed by atoms with Crippen LogP contribution < -0.4 is 0 Å². The van der Waals surface area contributed by atoms with Crippen molar-refractivity contribution in [1.29, 1.82) is 0 Å². The van der Waals surface area contributed by atoms with Gasteiger partial charge in [0, 0.05) is 13.0 Å². The fourth-order valence-electron chi connectivity index (χ4n) is 2.61. The first-order valence-corrected chi connectivity index (χ1v) is 10.4. The minimum Gasteiger partial charge on any atom is -0.463 e. The third kappa shape index (κ3) is 26.3. The summed E-state index contributed by atoms with van der Waals surface area (Å²) in [5, 5.41) is 7.57. The van der Waals surface area contributed by atoms with Gasteiger partial charge in [-0.2, -0.15) is 0 Å². The van der Waals surface area contributed by atoms with E-state index in [1.807, 2.05) is 13.8 Å². The van der Waals surface area contributed by atoms with Crippen LogP contribution in [0.5, 0.6) is 0 Å². The number of unbranched alkanes of at least 4 members (excludes halogenated alkanes) is 12. The van der Waals surface area contributed by atoms with Crippen LogP contribution in [-0.2, 0) is 9.53 Å². The molecule has 0 amide bonds. The van der Waals surface area contributed by atoms with E-state index < -0.39 is 0 Å². The van der Waals surface area contributed by atoms with Gasteiger partial charge in [-0.3, -0.25) is 4.79 Å². The van der Waals surface area contributed by atoms with Crippen LogP contribution >= 0.6 is 0 Å². The Hall–Kier alpha value is -0.570. The van der Waals surface area contributed by atoms with Crippen molar-refractivity contribution in [3.05, 3.63) is 0 Å². The van der Waals surface area contributed by atoms with Crippen molar-refractivity contribution in [2.45, 2.75) is 124 Å². The fourth-order valence-corrected chi connectivity index (χ4v) is 2.61. The van der Waals surface area contributed by atoms with Crippen molar-refractivity contribution in [3.8, 4) is 0 Å². The zero-order valence-electron chi connectivity index (χ0n) is 16.9. The van der Waals surface area contributed by atoms with Crippen LogP contribution in [0.25, 0.3) is 0 Å². The van der Waals surface area contributed by atoms with Gasteiger partial charge in [-0.15, -0.1) is 0 Å². The van der Waals surface area contributed by atoms with Gasteiger partial charge in [0.25, 0.3) is 0 Å². The molecular weight excluding hydrogens is 300 g/mol. The standard InChI is InChI=1S/C19H38O2.C2H6O/c1-4-5-6-7-8-9-10-11-12-13-14-15-16-17-19(20)21-18(2)3;1-2-3/h18H,4-17H2,1-3H3;3H,2H2,1H3. The minimum atomic E-state index is -0.0342. The summed E-state index contributed by atoms with van der Waals surface area (Å²) < 4.78 is 5.12. The number of aliphatic hydroxyl groups is 1. The number of carbonyl (C=O) groups is 1. The molecule has 24 heavy (non-hydrogen) atoms. The number of ether oxygens (including phenoxy) is 1. The van der Waals surface area contributed by atoms with Crippen LogP contribution in [0.15, 0.2) is 0 Å². The zero-order valence-corrected chi connectivity index (χ0v) is 16.9. The van der Waals surface area contributed by atoms with E-state index >= 15 is 0 Å². The molecule has 0 aliphatic heterocycles. The van der Waals surface area contributed by atoms with E-state index in [0.29, 0.717) is 6.42 Å². The summed E-state index contributed by atoms with van der Waals surface area (Å²) in [5.74, 6) is -0.0342. The smallest absolute Gasteiger partial charge is 0.306 e. The molecule has 0 radical (unpaired) electrons. The molecule has 0 aromatic heterocycles. The topological polar surface area (TPSA) is 46.5 Å². The predicted octanol–water partition coefficient (Wildman–Crippen LogP) is 6.42. The lowest BCUT2D eigenvalue weighted by atomic mass is 10.0. The monoisotopic (exact) mass is 344 g/mol. The lowest BCUT2D eigenvalue weighted by Crippen LogP contribution is -2.10. The van der Waals surface area contributed by atoms with Crippen LogP contribution in [0.2, 0.25) is 0 Å². The summed E-state index contributed by atoms with van der Waals surface area (Å²) in [6, 6.07) is 0. The number of rotatable bonds is 15. The van der Waals surface area contributed by atoms with E-state index in [4.69, 9.17) is 9.84 Å². The summed E-state index contributed by atoms with van der Waals surface area (Å²) >= 11 is 0.